The molecule has 0 aromatic heterocycles. The topological polar surface area (TPSA) is 3.24 Å². The van der Waals surface area contributed by atoms with Crippen LogP contribution in [-0.2, 0) is 0 Å². The first-order valence-electron chi connectivity index (χ1n) is 2.79. The van der Waals surface area contributed by atoms with Crippen molar-refractivity contribution < 1.29 is 0 Å². The largest absolute Gasteiger partial charge is 0.298 e. The third kappa shape index (κ3) is 3.33. The summed E-state index contributed by atoms with van der Waals surface area (Å²) in [5.41, 5.74) is 0. The van der Waals surface area contributed by atoms with Crippen LogP contribution in [0.1, 0.15) is 6.92 Å². The van der Waals surface area contributed by atoms with E-state index in [1.165, 1.54) is 0 Å². The maximum atomic E-state index is 3.92. The van der Waals surface area contributed by atoms with Gasteiger partial charge in [-0.1, -0.05) is 6.92 Å². The average Bonchev–Trinajstić information content (AvgIpc) is 1.67. The predicted octanol–water partition coefficient (Wildman–Crippen LogP) is 1.46. The van der Waals surface area contributed by atoms with Crippen molar-refractivity contribution in [1.29, 1.82) is 0 Å². The Morgan fingerprint density at radius 3 is 2.25 bits per heavy atom. The lowest BCUT2D eigenvalue weighted by molar-refractivity contribution is 0.425. The van der Waals surface area contributed by atoms with Gasteiger partial charge >= 0.3 is 0 Å². The molecule has 49 valence electrons. The molecule has 0 aliphatic carbocycles. The zero-order chi connectivity index (χ0) is 6.57. The lowest BCUT2D eigenvalue weighted by atomic mass is 10.7. The van der Waals surface area contributed by atoms with Crippen molar-refractivity contribution in [2.45, 2.75) is 12.3 Å². The van der Waals surface area contributed by atoms with Crippen molar-refractivity contribution in [1.82, 2.24) is 4.90 Å². The quantitative estimate of drug-likeness (QED) is 0.535. The van der Waals surface area contributed by atoms with Gasteiger partial charge in [-0.05, 0) is 26.8 Å². The second-order valence-corrected chi connectivity index (χ2v) is 3.33. The fraction of sp³-hybridized carbons (Fsp3) is 0.833. The van der Waals surface area contributed by atoms with Gasteiger partial charge in [0.05, 0.1) is 5.37 Å². The van der Waals surface area contributed by atoms with Crippen molar-refractivity contribution in [2.75, 3.05) is 19.8 Å². The molecule has 0 fully saturated rings. The third-order valence-electron chi connectivity index (χ3n) is 0.935. The molecule has 0 amide bonds. The summed E-state index contributed by atoms with van der Waals surface area (Å²) in [6.45, 7) is 6.06. The van der Waals surface area contributed by atoms with Crippen molar-refractivity contribution in [3.63, 3.8) is 0 Å². The van der Waals surface area contributed by atoms with Gasteiger partial charge in [-0.2, -0.15) is 0 Å². The van der Waals surface area contributed by atoms with Gasteiger partial charge in [0.25, 0.3) is 0 Å². The minimum Gasteiger partial charge on any atom is -0.298 e. The Labute approximate surface area is 56.4 Å². The fourth-order valence-electron chi connectivity index (χ4n) is 0.341. The highest BCUT2D eigenvalue weighted by molar-refractivity contribution is 7.99. The molecule has 0 rings (SSSR count). The molecule has 8 heavy (non-hydrogen) atoms. The first kappa shape index (κ1) is 8.31. The summed E-state index contributed by atoms with van der Waals surface area (Å²) >= 11 is 1.85. The van der Waals surface area contributed by atoms with Crippen molar-refractivity contribution in [2.24, 2.45) is 0 Å². The van der Waals surface area contributed by atoms with E-state index in [1.54, 1.807) is 0 Å². The van der Waals surface area contributed by atoms with Crippen molar-refractivity contribution >= 4 is 11.8 Å². The number of hydrogen-bond acceptors (Lipinski definition) is 2. The lowest BCUT2D eigenvalue weighted by Crippen LogP contribution is -2.21. The smallest absolute Gasteiger partial charge is 0.0552 e. The molecule has 1 unspecified atom stereocenters. The predicted molar refractivity (Wildman–Crippen MR) is 41.0 cm³/mol. The van der Waals surface area contributed by atoms with Gasteiger partial charge in [-0.25, -0.2) is 0 Å². The van der Waals surface area contributed by atoms with Gasteiger partial charge in [-0.15, -0.1) is 11.8 Å². The van der Waals surface area contributed by atoms with E-state index in [0.29, 0.717) is 5.37 Å². The molecule has 0 aromatic rings. The zero-order valence-electron chi connectivity index (χ0n) is 5.85. The molecule has 0 saturated carbocycles. The Bertz CT molecular complexity index is 54.5. The van der Waals surface area contributed by atoms with Crippen LogP contribution in [0, 0.1) is 6.92 Å². The molecule has 0 heterocycles. The maximum absolute atomic E-state index is 3.92. The Hall–Kier alpha value is 0.310. The molecule has 1 atom stereocenters. The van der Waals surface area contributed by atoms with E-state index < -0.39 is 0 Å². The van der Waals surface area contributed by atoms with E-state index in [9.17, 15) is 0 Å². The van der Waals surface area contributed by atoms with Crippen LogP contribution < -0.4 is 0 Å². The number of hydrogen-bond donors (Lipinski definition) is 0. The molecular formula is C6H14NS. The summed E-state index contributed by atoms with van der Waals surface area (Å²) in [5.74, 6) is 1.15. The summed E-state index contributed by atoms with van der Waals surface area (Å²) < 4.78 is 0. The van der Waals surface area contributed by atoms with Crippen LogP contribution in [0.3, 0.4) is 0 Å². The molecular weight excluding hydrogens is 118 g/mol. The molecule has 0 spiro atoms. The van der Waals surface area contributed by atoms with Gasteiger partial charge in [0.1, 0.15) is 0 Å². The molecule has 0 bridgehead atoms. The standard InChI is InChI=1S/C6H14NS/c1-5-8-6(2)7(3)4/h6H,2,5H2,1,3-4H3. The van der Waals surface area contributed by atoms with Crippen molar-refractivity contribution in [3.8, 4) is 0 Å². The Morgan fingerprint density at radius 1 is 1.62 bits per heavy atom. The zero-order valence-corrected chi connectivity index (χ0v) is 6.66. The van der Waals surface area contributed by atoms with Gasteiger partial charge < -0.3 is 0 Å². The van der Waals surface area contributed by atoms with Crippen LogP contribution in [0.25, 0.3) is 0 Å². The van der Waals surface area contributed by atoms with Crippen LogP contribution in [-0.4, -0.2) is 30.1 Å². The normalized spacial score (nSPS) is 14.6. The molecule has 1 radical (unpaired) electrons. The molecule has 0 saturated heterocycles. The van der Waals surface area contributed by atoms with Crippen LogP contribution in [0.4, 0.5) is 0 Å². The van der Waals surface area contributed by atoms with Gasteiger partial charge in [0.2, 0.25) is 0 Å². The second kappa shape index (κ2) is 4.21. The molecule has 2 heteroatoms. The molecule has 0 aromatic carbocycles. The highest BCUT2D eigenvalue weighted by Gasteiger charge is 2.00. The summed E-state index contributed by atoms with van der Waals surface area (Å²) in [6, 6.07) is 0. The fourth-order valence-corrected chi connectivity index (χ4v) is 1.02. The number of nitrogens with zero attached hydrogens (tertiary/aromatic N) is 1. The SMILES string of the molecule is [CH2]C(SCC)N(C)C. The first-order chi connectivity index (χ1) is 3.68. The Kier molecular flexibility index (Phi) is 4.38. The average molecular weight is 132 g/mol. The monoisotopic (exact) mass is 132 g/mol. The van der Waals surface area contributed by atoms with E-state index in [4.69, 9.17) is 0 Å². The second-order valence-electron chi connectivity index (χ2n) is 1.87. The molecule has 0 aliphatic heterocycles. The van der Waals surface area contributed by atoms with E-state index in [1.807, 2.05) is 25.9 Å². The minimum atomic E-state index is 0.417. The summed E-state index contributed by atoms with van der Waals surface area (Å²) in [5, 5.41) is 0.417. The van der Waals surface area contributed by atoms with Crippen LogP contribution >= 0.6 is 11.8 Å². The maximum Gasteiger partial charge on any atom is 0.0552 e. The van der Waals surface area contributed by atoms with Gasteiger partial charge in [-0.3, -0.25) is 4.90 Å². The Morgan fingerprint density at radius 2 is 2.12 bits per heavy atom. The summed E-state index contributed by atoms with van der Waals surface area (Å²) in [6.07, 6.45) is 0. The number of thioether (sulfide) groups is 1. The van der Waals surface area contributed by atoms with E-state index in [-0.39, 0.29) is 0 Å². The highest BCUT2D eigenvalue weighted by atomic mass is 32.2. The summed E-state index contributed by atoms with van der Waals surface area (Å²) in [4.78, 5) is 2.11. The minimum absolute atomic E-state index is 0.417. The lowest BCUT2D eigenvalue weighted by Gasteiger charge is -2.17. The van der Waals surface area contributed by atoms with E-state index >= 15 is 0 Å². The van der Waals surface area contributed by atoms with Crippen LogP contribution in [0.5, 0.6) is 0 Å². The molecule has 1 nitrogen and oxygen atoms in total. The van der Waals surface area contributed by atoms with E-state index in [2.05, 4.69) is 18.7 Å². The number of rotatable bonds is 3. The third-order valence-corrected chi connectivity index (χ3v) is 2.07. The van der Waals surface area contributed by atoms with E-state index in [0.717, 1.165) is 5.75 Å². The first-order valence-corrected chi connectivity index (χ1v) is 3.84. The van der Waals surface area contributed by atoms with Crippen LogP contribution in [0.15, 0.2) is 0 Å². The van der Waals surface area contributed by atoms with Crippen molar-refractivity contribution in [3.05, 3.63) is 6.92 Å². The Balaban J connectivity index is 3.17. The molecule has 0 aliphatic rings. The van der Waals surface area contributed by atoms with Crippen LogP contribution in [0.2, 0.25) is 0 Å². The summed E-state index contributed by atoms with van der Waals surface area (Å²) in [7, 11) is 4.08. The van der Waals surface area contributed by atoms with Gasteiger partial charge in [0.15, 0.2) is 0 Å². The highest BCUT2D eigenvalue weighted by Crippen LogP contribution is 2.09. The van der Waals surface area contributed by atoms with Gasteiger partial charge in [0, 0.05) is 0 Å². The molecule has 0 N–H and O–H groups in total.